The van der Waals surface area contributed by atoms with Crippen LogP contribution >= 0.6 is 0 Å². The van der Waals surface area contributed by atoms with Crippen LogP contribution in [0.2, 0.25) is 0 Å². The first-order valence-corrected chi connectivity index (χ1v) is 6.47. The van der Waals surface area contributed by atoms with Crippen molar-refractivity contribution in [1.82, 2.24) is 0 Å². The molecule has 5 heteroatoms. The lowest BCUT2D eigenvalue weighted by molar-refractivity contribution is -0.111. The Kier molecular flexibility index (Phi) is 4.89. The van der Waals surface area contributed by atoms with Gasteiger partial charge in [-0.3, -0.25) is 4.79 Å². The summed E-state index contributed by atoms with van der Waals surface area (Å²) >= 11 is 0. The van der Waals surface area contributed by atoms with Gasteiger partial charge in [0, 0.05) is 11.8 Å². The number of anilines is 1. The van der Waals surface area contributed by atoms with Crippen molar-refractivity contribution in [3.8, 4) is 11.8 Å². The van der Waals surface area contributed by atoms with Gasteiger partial charge in [0.25, 0.3) is 0 Å². The molecule has 0 aliphatic carbocycles. The van der Waals surface area contributed by atoms with Crippen molar-refractivity contribution in [2.45, 2.75) is 6.61 Å². The molecule has 0 aliphatic rings. The molecule has 0 atom stereocenters. The number of amides is 1. The predicted octanol–water partition coefficient (Wildman–Crippen LogP) is 3.40. The smallest absolute Gasteiger partial charge is 0.247 e. The topological polar surface area (TPSA) is 62.1 Å². The van der Waals surface area contributed by atoms with Gasteiger partial charge >= 0.3 is 0 Å². The summed E-state index contributed by atoms with van der Waals surface area (Å²) in [7, 11) is 0. The number of nitrogens with zero attached hydrogens (tertiary/aromatic N) is 1. The Labute approximate surface area is 127 Å². The van der Waals surface area contributed by atoms with Crippen LogP contribution in [0.3, 0.4) is 0 Å². The second-order valence-corrected chi connectivity index (χ2v) is 4.44. The molecule has 1 amide bonds. The summed E-state index contributed by atoms with van der Waals surface area (Å²) < 4.78 is 19.3. The number of halogens is 1. The summed E-state index contributed by atoms with van der Waals surface area (Å²) in [5.41, 5.74) is 1.60. The third-order valence-corrected chi connectivity index (χ3v) is 2.84. The van der Waals surface area contributed by atoms with Crippen molar-refractivity contribution in [2.75, 3.05) is 5.32 Å². The summed E-state index contributed by atoms with van der Waals surface area (Å²) in [5, 5.41) is 11.3. The molecule has 22 heavy (non-hydrogen) atoms. The fourth-order valence-electron chi connectivity index (χ4n) is 1.78. The number of carbonyl (C=O) groups is 1. The molecule has 0 radical (unpaired) electrons. The fourth-order valence-corrected chi connectivity index (χ4v) is 1.78. The second kappa shape index (κ2) is 7.04. The highest BCUT2D eigenvalue weighted by Crippen LogP contribution is 2.22. The minimum absolute atomic E-state index is 0.0685. The predicted molar refractivity (Wildman–Crippen MR) is 80.7 cm³/mol. The van der Waals surface area contributed by atoms with E-state index in [4.69, 9.17) is 10.00 Å². The van der Waals surface area contributed by atoms with Crippen LogP contribution in [0.15, 0.2) is 55.1 Å². The monoisotopic (exact) mass is 296 g/mol. The Morgan fingerprint density at radius 1 is 1.36 bits per heavy atom. The molecule has 1 N–H and O–H groups in total. The number of nitriles is 1. The van der Waals surface area contributed by atoms with E-state index in [-0.39, 0.29) is 12.4 Å². The molecular weight excluding hydrogens is 283 g/mol. The van der Waals surface area contributed by atoms with Gasteiger partial charge in [0.05, 0.1) is 11.6 Å². The highest BCUT2D eigenvalue weighted by atomic mass is 19.1. The Morgan fingerprint density at radius 3 is 2.86 bits per heavy atom. The van der Waals surface area contributed by atoms with E-state index in [0.29, 0.717) is 11.3 Å². The van der Waals surface area contributed by atoms with Crippen molar-refractivity contribution < 1.29 is 13.9 Å². The van der Waals surface area contributed by atoms with E-state index < -0.39 is 11.7 Å². The van der Waals surface area contributed by atoms with Crippen LogP contribution in [-0.2, 0) is 11.4 Å². The highest BCUT2D eigenvalue weighted by Gasteiger charge is 2.07. The van der Waals surface area contributed by atoms with E-state index in [2.05, 4.69) is 11.9 Å². The van der Waals surface area contributed by atoms with Crippen LogP contribution in [-0.4, -0.2) is 5.91 Å². The molecule has 0 aromatic heterocycles. The molecule has 2 aromatic carbocycles. The SMILES string of the molecule is C=CC(=O)Nc1ccc(OCc2cccc(C#N)c2)c(F)c1. The van der Waals surface area contributed by atoms with Gasteiger partial charge in [-0.2, -0.15) is 5.26 Å². The molecule has 0 fully saturated rings. The molecule has 0 unspecified atom stereocenters. The lowest BCUT2D eigenvalue weighted by atomic mass is 10.1. The van der Waals surface area contributed by atoms with Crippen LogP contribution in [0.4, 0.5) is 10.1 Å². The standard InChI is InChI=1S/C17H13FN2O2/c1-2-17(21)20-14-6-7-16(15(18)9-14)22-11-13-5-3-4-12(8-13)10-19/h2-9H,1,11H2,(H,20,21). The second-order valence-electron chi connectivity index (χ2n) is 4.44. The number of benzene rings is 2. The lowest BCUT2D eigenvalue weighted by Crippen LogP contribution is -2.07. The molecule has 4 nitrogen and oxygen atoms in total. The van der Waals surface area contributed by atoms with Gasteiger partial charge in [0.2, 0.25) is 5.91 Å². The van der Waals surface area contributed by atoms with Gasteiger partial charge < -0.3 is 10.1 Å². The van der Waals surface area contributed by atoms with Gasteiger partial charge in [-0.1, -0.05) is 18.7 Å². The van der Waals surface area contributed by atoms with E-state index in [9.17, 15) is 9.18 Å². The van der Waals surface area contributed by atoms with Gasteiger partial charge in [-0.15, -0.1) is 0 Å². The summed E-state index contributed by atoms with van der Waals surface area (Å²) in [6.45, 7) is 3.46. The highest BCUT2D eigenvalue weighted by molar-refractivity contribution is 5.98. The summed E-state index contributed by atoms with van der Waals surface area (Å²) in [6.07, 6.45) is 1.10. The minimum Gasteiger partial charge on any atom is -0.486 e. The van der Waals surface area contributed by atoms with Crippen LogP contribution in [0.5, 0.6) is 5.75 Å². The van der Waals surface area contributed by atoms with E-state index >= 15 is 0 Å². The summed E-state index contributed by atoms with van der Waals surface area (Å²) in [5.74, 6) is -0.932. The first-order chi connectivity index (χ1) is 10.6. The third kappa shape index (κ3) is 3.93. The molecule has 0 spiro atoms. The zero-order chi connectivity index (χ0) is 15.9. The largest absolute Gasteiger partial charge is 0.486 e. The number of ether oxygens (including phenoxy) is 1. The third-order valence-electron chi connectivity index (χ3n) is 2.84. The molecule has 0 heterocycles. The minimum atomic E-state index is -0.585. The molecule has 110 valence electrons. The van der Waals surface area contributed by atoms with Crippen LogP contribution in [0.1, 0.15) is 11.1 Å². The summed E-state index contributed by atoms with van der Waals surface area (Å²) in [6, 6.07) is 13.1. The van der Waals surface area contributed by atoms with Crippen LogP contribution in [0, 0.1) is 17.1 Å². The Morgan fingerprint density at radius 2 is 2.18 bits per heavy atom. The van der Waals surface area contributed by atoms with Crippen LogP contribution in [0.25, 0.3) is 0 Å². The summed E-state index contributed by atoms with van der Waals surface area (Å²) in [4.78, 5) is 11.1. The fraction of sp³-hybridized carbons (Fsp3) is 0.0588. The molecule has 0 saturated heterocycles. The van der Waals surface area contributed by atoms with Crippen LogP contribution < -0.4 is 10.1 Å². The Bertz CT molecular complexity index is 751. The van der Waals surface area contributed by atoms with Gasteiger partial charge in [-0.05, 0) is 35.9 Å². The maximum Gasteiger partial charge on any atom is 0.247 e. The maximum absolute atomic E-state index is 13.9. The van der Waals surface area contributed by atoms with Crippen molar-refractivity contribution >= 4 is 11.6 Å². The van der Waals surface area contributed by atoms with E-state index in [1.807, 2.05) is 6.07 Å². The van der Waals surface area contributed by atoms with Crippen molar-refractivity contribution in [1.29, 1.82) is 5.26 Å². The molecule has 0 bridgehead atoms. The first-order valence-electron chi connectivity index (χ1n) is 6.47. The molecule has 0 saturated carbocycles. The zero-order valence-electron chi connectivity index (χ0n) is 11.7. The average Bonchev–Trinajstić information content (AvgIpc) is 2.54. The van der Waals surface area contributed by atoms with Crippen molar-refractivity contribution in [3.05, 3.63) is 72.1 Å². The van der Waals surface area contributed by atoms with Gasteiger partial charge in [-0.25, -0.2) is 4.39 Å². The quantitative estimate of drug-likeness (QED) is 0.860. The molecular formula is C17H13FN2O2. The number of rotatable bonds is 5. The molecule has 0 aliphatic heterocycles. The first kappa shape index (κ1) is 15.3. The number of carbonyl (C=O) groups excluding carboxylic acids is 1. The number of nitrogens with one attached hydrogen (secondary N) is 1. The van der Waals surface area contributed by atoms with Crippen molar-refractivity contribution in [2.24, 2.45) is 0 Å². The van der Waals surface area contributed by atoms with E-state index in [1.54, 1.807) is 24.3 Å². The van der Waals surface area contributed by atoms with E-state index in [0.717, 1.165) is 11.6 Å². The molecule has 2 rings (SSSR count). The zero-order valence-corrected chi connectivity index (χ0v) is 11.7. The molecule has 2 aromatic rings. The Balaban J connectivity index is 2.05. The van der Waals surface area contributed by atoms with Gasteiger partial charge in [0.1, 0.15) is 6.61 Å². The number of hydrogen-bond acceptors (Lipinski definition) is 3. The number of hydrogen-bond donors (Lipinski definition) is 1. The van der Waals surface area contributed by atoms with Crippen molar-refractivity contribution in [3.63, 3.8) is 0 Å². The Hall–Kier alpha value is -3.13. The maximum atomic E-state index is 13.9. The normalized spacial score (nSPS) is 9.64. The lowest BCUT2D eigenvalue weighted by Gasteiger charge is -2.09. The van der Waals surface area contributed by atoms with E-state index in [1.165, 1.54) is 18.2 Å². The average molecular weight is 296 g/mol. The van der Waals surface area contributed by atoms with Gasteiger partial charge in [0.15, 0.2) is 11.6 Å².